The summed E-state index contributed by atoms with van der Waals surface area (Å²) in [7, 11) is 0. The molecule has 2 aromatic rings. The topological polar surface area (TPSA) is 86.1 Å². The van der Waals surface area contributed by atoms with Crippen molar-refractivity contribution in [3.05, 3.63) is 41.0 Å². The maximum absolute atomic E-state index is 11.9. The summed E-state index contributed by atoms with van der Waals surface area (Å²) in [6.07, 6.45) is 1.59. The van der Waals surface area contributed by atoms with Crippen LogP contribution in [-0.2, 0) is 27.3 Å². The fourth-order valence-electron chi connectivity index (χ4n) is 1.77. The number of nitrogens with zero attached hydrogens (tertiary/aromatic N) is 3. The lowest BCUT2D eigenvalue weighted by Crippen LogP contribution is -2.15. The molecule has 0 saturated heterocycles. The largest absolute Gasteiger partial charge is 0.465 e. The Hall–Kier alpha value is -2.41. The van der Waals surface area contributed by atoms with Crippen molar-refractivity contribution < 1.29 is 14.3 Å². The van der Waals surface area contributed by atoms with E-state index >= 15 is 0 Å². The number of hydrogen-bond donors (Lipinski definition) is 1. The molecule has 1 aromatic carbocycles. The summed E-state index contributed by atoms with van der Waals surface area (Å²) >= 11 is 6.00. The number of halogens is 1. The fourth-order valence-corrected chi connectivity index (χ4v) is 1.98. The van der Waals surface area contributed by atoms with Gasteiger partial charge in [-0.1, -0.05) is 35.0 Å². The number of nitrogens with one attached hydrogen (secondary N) is 1. The summed E-state index contributed by atoms with van der Waals surface area (Å²) in [4.78, 5) is 23.2. The Morgan fingerprint density at radius 3 is 2.86 bits per heavy atom. The van der Waals surface area contributed by atoms with Gasteiger partial charge >= 0.3 is 5.97 Å². The van der Waals surface area contributed by atoms with Gasteiger partial charge in [0.05, 0.1) is 19.2 Å². The van der Waals surface area contributed by atoms with Gasteiger partial charge in [-0.15, -0.1) is 5.10 Å². The average Bonchev–Trinajstić information content (AvgIpc) is 2.88. The summed E-state index contributed by atoms with van der Waals surface area (Å²) in [6.45, 7) is 1.97. The number of rotatable bonds is 6. The van der Waals surface area contributed by atoms with Crippen LogP contribution in [0.4, 0.5) is 5.82 Å². The molecule has 0 atom stereocenters. The molecule has 0 unspecified atom stereocenters. The maximum atomic E-state index is 11.9. The molecule has 22 heavy (non-hydrogen) atoms. The predicted molar refractivity (Wildman–Crippen MR) is 80.4 cm³/mol. The normalized spacial score (nSPS) is 10.3. The van der Waals surface area contributed by atoms with E-state index in [-0.39, 0.29) is 24.7 Å². The van der Waals surface area contributed by atoms with E-state index in [1.807, 2.05) is 6.07 Å². The smallest absolute Gasteiger partial charge is 0.327 e. The van der Waals surface area contributed by atoms with Crippen LogP contribution in [0.15, 0.2) is 30.5 Å². The minimum absolute atomic E-state index is 0.0543. The molecule has 0 saturated carbocycles. The van der Waals surface area contributed by atoms with Crippen LogP contribution in [0.1, 0.15) is 12.5 Å². The molecule has 1 aromatic heterocycles. The molecule has 0 aliphatic heterocycles. The molecule has 2 rings (SSSR count). The Balaban J connectivity index is 1.91. The third kappa shape index (κ3) is 4.56. The van der Waals surface area contributed by atoms with Gasteiger partial charge in [-0.25, -0.2) is 4.68 Å². The third-order valence-corrected chi connectivity index (χ3v) is 3.08. The van der Waals surface area contributed by atoms with E-state index < -0.39 is 5.97 Å². The number of carbonyl (C=O) groups excluding carboxylic acids is 2. The summed E-state index contributed by atoms with van der Waals surface area (Å²) < 4.78 is 6.09. The van der Waals surface area contributed by atoms with E-state index in [1.165, 1.54) is 10.9 Å². The van der Waals surface area contributed by atoms with Gasteiger partial charge < -0.3 is 10.1 Å². The van der Waals surface area contributed by atoms with Crippen molar-refractivity contribution >= 4 is 29.3 Å². The lowest BCUT2D eigenvalue weighted by atomic mass is 10.1. The number of ether oxygens (including phenoxy) is 1. The van der Waals surface area contributed by atoms with Crippen molar-refractivity contribution in [1.82, 2.24) is 15.0 Å². The van der Waals surface area contributed by atoms with Crippen LogP contribution in [0.3, 0.4) is 0 Å². The van der Waals surface area contributed by atoms with E-state index in [1.54, 1.807) is 25.1 Å². The van der Waals surface area contributed by atoms with E-state index in [4.69, 9.17) is 16.3 Å². The van der Waals surface area contributed by atoms with Crippen LogP contribution in [0.2, 0.25) is 5.02 Å². The molecule has 0 spiro atoms. The summed E-state index contributed by atoms with van der Waals surface area (Å²) in [5.74, 6) is -0.418. The quantitative estimate of drug-likeness (QED) is 0.818. The van der Waals surface area contributed by atoms with Gasteiger partial charge in [0.1, 0.15) is 6.54 Å². The Morgan fingerprint density at radius 1 is 1.36 bits per heavy atom. The van der Waals surface area contributed by atoms with Gasteiger partial charge in [-0.3, -0.25) is 9.59 Å². The lowest BCUT2D eigenvalue weighted by molar-refractivity contribution is -0.144. The Morgan fingerprint density at radius 2 is 2.14 bits per heavy atom. The molecule has 116 valence electrons. The lowest BCUT2D eigenvalue weighted by Gasteiger charge is -2.03. The van der Waals surface area contributed by atoms with E-state index in [9.17, 15) is 9.59 Å². The Bertz CT molecular complexity index is 672. The molecular formula is C14H15ClN4O3. The SMILES string of the molecule is CCOC(=O)Cn1cc(NC(=O)Cc2ccccc2Cl)nn1. The first-order chi connectivity index (χ1) is 10.6. The number of aromatic nitrogens is 3. The van der Waals surface area contributed by atoms with Crippen molar-refractivity contribution in [3.63, 3.8) is 0 Å². The monoisotopic (exact) mass is 322 g/mol. The van der Waals surface area contributed by atoms with Crippen molar-refractivity contribution in [2.45, 2.75) is 19.9 Å². The van der Waals surface area contributed by atoms with Crippen molar-refractivity contribution in [1.29, 1.82) is 0 Å². The molecule has 0 fully saturated rings. The minimum Gasteiger partial charge on any atom is -0.465 e. The van der Waals surface area contributed by atoms with Crippen LogP contribution in [0, 0.1) is 0 Å². The number of esters is 1. The van der Waals surface area contributed by atoms with Gasteiger partial charge in [0.25, 0.3) is 0 Å². The standard InChI is InChI=1S/C14H15ClN4O3/c1-2-22-14(21)9-19-8-12(17-18-19)16-13(20)7-10-5-3-4-6-11(10)15/h3-6,8H,2,7,9H2,1H3,(H,16,20). The summed E-state index contributed by atoms with van der Waals surface area (Å²) in [5.41, 5.74) is 0.723. The van der Waals surface area contributed by atoms with Crippen LogP contribution in [0.25, 0.3) is 0 Å². The molecule has 1 heterocycles. The number of hydrogen-bond acceptors (Lipinski definition) is 5. The zero-order valence-corrected chi connectivity index (χ0v) is 12.7. The van der Waals surface area contributed by atoms with Crippen molar-refractivity contribution in [2.24, 2.45) is 0 Å². The molecule has 0 radical (unpaired) electrons. The second-order valence-corrected chi connectivity index (χ2v) is 4.83. The zero-order valence-electron chi connectivity index (χ0n) is 12.0. The molecule has 0 bridgehead atoms. The third-order valence-electron chi connectivity index (χ3n) is 2.71. The second-order valence-electron chi connectivity index (χ2n) is 4.42. The van der Waals surface area contributed by atoms with Crippen LogP contribution in [0.5, 0.6) is 0 Å². The van der Waals surface area contributed by atoms with Gasteiger partial charge in [0.2, 0.25) is 5.91 Å². The minimum atomic E-state index is -0.415. The first-order valence-corrected chi connectivity index (χ1v) is 7.05. The second kappa shape index (κ2) is 7.56. The van der Waals surface area contributed by atoms with E-state index in [0.717, 1.165) is 5.56 Å². The summed E-state index contributed by atoms with van der Waals surface area (Å²) in [6, 6.07) is 7.11. The number of benzene rings is 1. The van der Waals surface area contributed by atoms with Crippen molar-refractivity contribution in [2.75, 3.05) is 11.9 Å². The molecule has 0 aliphatic carbocycles. The van der Waals surface area contributed by atoms with Crippen LogP contribution >= 0.6 is 11.6 Å². The zero-order chi connectivity index (χ0) is 15.9. The highest BCUT2D eigenvalue weighted by atomic mass is 35.5. The van der Waals surface area contributed by atoms with E-state index in [0.29, 0.717) is 11.6 Å². The highest BCUT2D eigenvalue weighted by Gasteiger charge is 2.10. The first-order valence-electron chi connectivity index (χ1n) is 6.67. The summed E-state index contributed by atoms with van der Waals surface area (Å²) in [5, 5.41) is 10.6. The van der Waals surface area contributed by atoms with Gasteiger partial charge in [-0.05, 0) is 18.6 Å². The molecule has 1 N–H and O–H groups in total. The fraction of sp³-hybridized carbons (Fsp3) is 0.286. The molecule has 7 nitrogen and oxygen atoms in total. The van der Waals surface area contributed by atoms with Crippen LogP contribution < -0.4 is 5.32 Å². The molecule has 8 heteroatoms. The van der Waals surface area contributed by atoms with Gasteiger partial charge in [-0.2, -0.15) is 0 Å². The maximum Gasteiger partial charge on any atom is 0.327 e. The Kier molecular flexibility index (Phi) is 5.48. The number of amides is 1. The highest BCUT2D eigenvalue weighted by Crippen LogP contribution is 2.15. The van der Waals surface area contributed by atoms with Gasteiger partial charge in [0.15, 0.2) is 5.82 Å². The molecule has 1 amide bonds. The predicted octanol–water partition coefficient (Wildman–Crippen LogP) is 1.68. The van der Waals surface area contributed by atoms with Gasteiger partial charge in [0, 0.05) is 5.02 Å². The highest BCUT2D eigenvalue weighted by molar-refractivity contribution is 6.31. The van der Waals surface area contributed by atoms with Crippen LogP contribution in [-0.4, -0.2) is 33.5 Å². The number of carbonyl (C=O) groups is 2. The van der Waals surface area contributed by atoms with Crippen molar-refractivity contribution in [3.8, 4) is 0 Å². The Labute approximate surface area is 132 Å². The number of anilines is 1. The average molecular weight is 323 g/mol. The molecule has 0 aliphatic rings. The van der Waals surface area contributed by atoms with E-state index in [2.05, 4.69) is 15.6 Å². The molecular weight excluding hydrogens is 308 g/mol. The first kappa shape index (κ1) is 16.0.